The van der Waals surface area contributed by atoms with Crippen molar-refractivity contribution in [1.82, 2.24) is 4.90 Å². The zero-order valence-electron chi connectivity index (χ0n) is 14.1. The van der Waals surface area contributed by atoms with Crippen molar-refractivity contribution < 1.29 is 4.79 Å². The van der Waals surface area contributed by atoms with Gasteiger partial charge in [-0.1, -0.05) is 48.5 Å². The fourth-order valence-corrected chi connectivity index (χ4v) is 3.54. The number of nitrogens with zero attached hydrogens (tertiary/aromatic N) is 1. The summed E-state index contributed by atoms with van der Waals surface area (Å²) < 4.78 is 0. The van der Waals surface area contributed by atoms with E-state index in [4.69, 9.17) is 0 Å². The SMILES string of the molecule is Cc1cccc(C)c1CC1CCN(CCc2ccccc2)C1=O. The Kier molecular flexibility index (Phi) is 4.80. The lowest BCUT2D eigenvalue weighted by atomic mass is 9.92. The van der Waals surface area contributed by atoms with Crippen molar-refractivity contribution in [2.24, 2.45) is 5.92 Å². The minimum Gasteiger partial charge on any atom is -0.342 e. The number of aryl methyl sites for hydroxylation is 2. The molecular weight excluding hydrogens is 282 g/mol. The van der Waals surface area contributed by atoms with Crippen molar-refractivity contribution in [3.8, 4) is 0 Å². The fraction of sp³-hybridized carbons (Fsp3) is 0.381. The van der Waals surface area contributed by atoms with Gasteiger partial charge in [-0.15, -0.1) is 0 Å². The first-order valence-corrected chi connectivity index (χ1v) is 8.53. The first kappa shape index (κ1) is 15.8. The summed E-state index contributed by atoms with van der Waals surface area (Å²) >= 11 is 0. The Balaban J connectivity index is 1.60. The van der Waals surface area contributed by atoms with Crippen LogP contribution in [0.3, 0.4) is 0 Å². The molecule has 0 saturated carbocycles. The van der Waals surface area contributed by atoms with Gasteiger partial charge in [-0.2, -0.15) is 0 Å². The van der Waals surface area contributed by atoms with Gasteiger partial charge in [0.2, 0.25) is 5.91 Å². The van der Waals surface area contributed by atoms with Gasteiger partial charge < -0.3 is 4.90 Å². The third-order valence-electron chi connectivity index (χ3n) is 5.02. The average molecular weight is 307 g/mol. The topological polar surface area (TPSA) is 20.3 Å². The molecule has 0 spiro atoms. The van der Waals surface area contributed by atoms with Crippen molar-refractivity contribution in [1.29, 1.82) is 0 Å². The van der Waals surface area contributed by atoms with E-state index in [-0.39, 0.29) is 5.92 Å². The third-order valence-corrected chi connectivity index (χ3v) is 5.02. The van der Waals surface area contributed by atoms with E-state index in [1.807, 2.05) is 11.0 Å². The number of carbonyl (C=O) groups is 1. The molecule has 0 radical (unpaired) electrons. The fourth-order valence-electron chi connectivity index (χ4n) is 3.54. The van der Waals surface area contributed by atoms with Crippen LogP contribution in [0.1, 0.15) is 28.7 Å². The number of hydrogen-bond donors (Lipinski definition) is 0. The Hall–Kier alpha value is -2.09. The van der Waals surface area contributed by atoms with Crippen LogP contribution < -0.4 is 0 Å². The Morgan fingerprint density at radius 1 is 1.00 bits per heavy atom. The van der Waals surface area contributed by atoms with Crippen molar-refractivity contribution >= 4 is 5.91 Å². The molecule has 2 heteroatoms. The second kappa shape index (κ2) is 6.99. The number of benzene rings is 2. The molecule has 1 amide bonds. The number of amides is 1. The molecule has 1 atom stereocenters. The van der Waals surface area contributed by atoms with Crippen LogP contribution in [0.2, 0.25) is 0 Å². The first-order valence-electron chi connectivity index (χ1n) is 8.53. The maximum Gasteiger partial charge on any atom is 0.226 e. The van der Waals surface area contributed by atoms with E-state index in [9.17, 15) is 4.79 Å². The van der Waals surface area contributed by atoms with Gasteiger partial charge in [0.25, 0.3) is 0 Å². The quantitative estimate of drug-likeness (QED) is 0.819. The van der Waals surface area contributed by atoms with E-state index in [2.05, 4.69) is 56.3 Å². The second-order valence-electron chi connectivity index (χ2n) is 6.62. The van der Waals surface area contributed by atoms with Gasteiger partial charge in [-0.3, -0.25) is 4.79 Å². The standard InChI is InChI=1S/C21H25NO/c1-16-7-6-8-17(2)20(16)15-19-12-14-22(21(19)23)13-11-18-9-4-3-5-10-18/h3-10,19H,11-15H2,1-2H3. The molecule has 1 fully saturated rings. The maximum absolute atomic E-state index is 12.7. The molecule has 1 unspecified atom stereocenters. The van der Waals surface area contributed by atoms with E-state index in [1.54, 1.807) is 0 Å². The Labute approximate surface area is 139 Å². The van der Waals surface area contributed by atoms with Gasteiger partial charge in [0.05, 0.1) is 0 Å². The summed E-state index contributed by atoms with van der Waals surface area (Å²) in [4.78, 5) is 14.7. The first-order chi connectivity index (χ1) is 11.1. The molecule has 1 aliphatic heterocycles. The molecule has 120 valence electrons. The van der Waals surface area contributed by atoms with Crippen LogP contribution in [0.15, 0.2) is 48.5 Å². The third kappa shape index (κ3) is 3.64. The van der Waals surface area contributed by atoms with E-state index >= 15 is 0 Å². The molecule has 2 nitrogen and oxygen atoms in total. The van der Waals surface area contributed by atoms with Crippen LogP contribution in [0.25, 0.3) is 0 Å². The van der Waals surface area contributed by atoms with E-state index in [0.717, 1.165) is 32.4 Å². The zero-order chi connectivity index (χ0) is 16.2. The molecule has 0 bridgehead atoms. The minimum absolute atomic E-state index is 0.158. The van der Waals surface area contributed by atoms with Crippen molar-refractivity contribution in [2.45, 2.75) is 33.1 Å². The summed E-state index contributed by atoms with van der Waals surface area (Å²) in [6.07, 6.45) is 2.82. The summed E-state index contributed by atoms with van der Waals surface area (Å²) in [5.41, 5.74) is 5.27. The van der Waals surface area contributed by atoms with Gasteiger partial charge in [0, 0.05) is 19.0 Å². The van der Waals surface area contributed by atoms with E-state index in [0.29, 0.717) is 5.91 Å². The number of likely N-dealkylation sites (tertiary alicyclic amines) is 1. The number of rotatable bonds is 5. The van der Waals surface area contributed by atoms with Crippen LogP contribution in [0, 0.1) is 19.8 Å². The van der Waals surface area contributed by atoms with Crippen molar-refractivity contribution in [2.75, 3.05) is 13.1 Å². The van der Waals surface area contributed by atoms with Crippen LogP contribution >= 0.6 is 0 Å². The van der Waals surface area contributed by atoms with Gasteiger partial charge in [0.1, 0.15) is 0 Å². The Morgan fingerprint density at radius 2 is 1.70 bits per heavy atom. The summed E-state index contributed by atoms with van der Waals surface area (Å²) in [6, 6.07) is 16.8. The largest absolute Gasteiger partial charge is 0.342 e. The summed E-state index contributed by atoms with van der Waals surface area (Å²) in [5, 5.41) is 0. The molecule has 23 heavy (non-hydrogen) atoms. The summed E-state index contributed by atoms with van der Waals surface area (Å²) in [5.74, 6) is 0.495. The lowest BCUT2D eigenvalue weighted by Gasteiger charge is -2.18. The molecule has 0 N–H and O–H groups in total. The highest BCUT2D eigenvalue weighted by Gasteiger charge is 2.31. The van der Waals surface area contributed by atoms with Crippen molar-refractivity contribution in [3.05, 3.63) is 70.8 Å². The van der Waals surface area contributed by atoms with Gasteiger partial charge in [-0.05, 0) is 55.4 Å². The molecule has 1 aliphatic rings. The maximum atomic E-state index is 12.7. The number of hydrogen-bond acceptors (Lipinski definition) is 1. The highest BCUT2D eigenvalue weighted by Crippen LogP contribution is 2.25. The summed E-state index contributed by atoms with van der Waals surface area (Å²) in [7, 11) is 0. The smallest absolute Gasteiger partial charge is 0.226 e. The molecule has 0 aliphatic carbocycles. The van der Waals surface area contributed by atoms with Gasteiger partial charge >= 0.3 is 0 Å². The molecule has 2 aromatic carbocycles. The normalized spacial score (nSPS) is 17.7. The summed E-state index contributed by atoms with van der Waals surface area (Å²) in [6.45, 7) is 6.04. The molecular formula is C21H25NO. The predicted octanol–water partition coefficient (Wildman–Crippen LogP) is 3.94. The highest BCUT2D eigenvalue weighted by molar-refractivity contribution is 5.81. The van der Waals surface area contributed by atoms with E-state index in [1.165, 1.54) is 22.3 Å². The second-order valence-corrected chi connectivity index (χ2v) is 6.62. The van der Waals surface area contributed by atoms with Crippen LogP contribution in [-0.2, 0) is 17.6 Å². The minimum atomic E-state index is 0.158. The lowest BCUT2D eigenvalue weighted by molar-refractivity contribution is -0.130. The zero-order valence-corrected chi connectivity index (χ0v) is 14.1. The lowest BCUT2D eigenvalue weighted by Crippen LogP contribution is -2.30. The van der Waals surface area contributed by atoms with Crippen molar-refractivity contribution in [3.63, 3.8) is 0 Å². The number of carbonyl (C=O) groups excluding carboxylic acids is 1. The Bertz CT molecular complexity index is 657. The van der Waals surface area contributed by atoms with Crippen LogP contribution in [-0.4, -0.2) is 23.9 Å². The highest BCUT2D eigenvalue weighted by atomic mass is 16.2. The molecule has 1 heterocycles. The molecule has 2 aromatic rings. The molecule has 1 saturated heterocycles. The molecule has 0 aromatic heterocycles. The van der Waals surface area contributed by atoms with Gasteiger partial charge in [-0.25, -0.2) is 0 Å². The molecule has 3 rings (SSSR count). The monoisotopic (exact) mass is 307 g/mol. The Morgan fingerprint density at radius 3 is 2.39 bits per heavy atom. The van der Waals surface area contributed by atoms with Crippen LogP contribution in [0.5, 0.6) is 0 Å². The predicted molar refractivity (Wildman–Crippen MR) is 94.5 cm³/mol. The van der Waals surface area contributed by atoms with Crippen LogP contribution in [0.4, 0.5) is 0 Å². The average Bonchev–Trinajstić information content (AvgIpc) is 2.90. The van der Waals surface area contributed by atoms with Gasteiger partial charge in [0.15, 0.2) is 0 Å². The van der Waals surface area contributed by atoms with E-state index < -0.39 is 0 Å².